The molecule has 1 aromatic carbocycles. The lowest BCUT2D eigenvalue weighted by Crippen LogP contribution is -1.82. The molecule has 0 unspecified atom stereocenters. The van der Waals surface area contributed by atoms with E-state index in [0.717, 1.165) is 0 Å². The smallest absolute Gasteiger partial charge is 0.199 e. The number of hydrogen-bond acceptors (Lipinski definition) is 1. The van der Waals surface area contributed by atoms with E-state index in [1.807, 2.05) is 0 Å². The Morgan fingerprint density at radius 1 is 1.50 bits per heavy atom. The van der Waals surface area contributed by atoms with Crippen molar-refractivity contribution in [3.8, 4) is 0 Å². The van der Waals surface area contributed by atoms with Crippen LogP contribution in [0, 0.1) is 5.82 Å². The highest BCUT2D eigenvalue weighted by Gasteiger charge is 2.15. The monoisotopic (exact) mass is 221 g/mol. The van der Waals surface area contributed by atoms with Crippen LogP contribution in [0.2, 0.25) is 0 Å². The lowest BCUT2D eigenvalue weighted by Gasteiger charge is -1.86. The van der Waals surface area contributed by atoms with Gasteiger partial charge in [0.1, 0.15) is 0 Å². The van der Waals surface area contributed by atoms with E-state index in [1.54, 1.807) is 12.1 Å². The van der Waals surface area contributed by atoms with Crippen molar-refractivity contribution in [3.05, 3.63) is 28.5 Å². The van der Waals surface area contributed by atoms with Crippen LogP contribution in [-0.2, 0) is 15.9 Å². The van der Waals surface area contributed by atoms with Gasteiger partial charge in [0.2, 0.25) is 5.82 Å². The molecule has 10 heavy (non-hydrogen) atoms. The predicted octanol–water partition coefficient (Wildman–Crippen LogP) is 2.38. The van der Waals surface area contributed by atoms with E-state index in [9.17, 15) is 8.60 Å². The van der Waals surface area contributed by atoms with E-state index < -0.39 is 5.82 Å². The molecule has 0 spiro atoms. The summed E-state index contributed by atoms with van der Waals surface area (Å²) >= 11 is 3.11. The Balaban J connectivity index is 3.27. The summed E-state index contributed by atoms with van der Waals surface area (Å²) in [6, 6.07) is 4.61. The van der Waals surface area contributed by atoms with Gasteiger partial charge in [0.25, 0.3) is 0 Å². The average molecular weight is 222 g/mol. The Morgan fingerprint density at radius 2 is 2.20 bits per heavy atom. The maximum atomic E-state index is 12.7. The molecule has 0 aliphatic carbocycles. The molecule has 0 atom stereocenters. The molecule has 0 aromatic heterocycles. The molecule has 4 heteroatoms. The Kier molecular flexibility index (Phi) is 2.45. The van der Waals surface area contributed by atoms with Gasteiger partial charge in [-0.1, -0.05) is 6.07 Å². The summed E-state index contributed by atoms with van der Waals surface area (Å²) in [7, 11) is 0. The predicted molar refractivity (Wildman–Crippen MR) is 40.4 cm³/mol. The first-order valence-corrected chi connectivity index (χ1v) is 4.03. The second kappa shape index (κ2) is 3.16. The Bertz CT molecular complexity index is 264. The molecule has 1 rings (SSSR count). The van der Waals surface area contributed by atoms with Crippen molar-refractivity contribution >= 4 is 27.6 Å². The van der Waals surface area contributed by atoms with Crippen LogP contribution in [0.25, 0.3) is 0 Å². The normalized spacial score (nSPS) is 9.40. The summed E-state index contributed by atoms with van der Waals surface area (Å²) < 4.78 is 23.2. The first kappa shape index (κ1) is 7.75. The lowest BCUT2D eigenvalue weighted by molar-refractivity contribution is 0.578. The van der Waals surface area contributed by atoms with Crippen LogP contribution >= 0.6 is 15.9 Å². The minimum atomic E-state index is -0.484. The SMILES string of the molecule is O=[S+]c1cccc(Br)c1F. The van der Waals surface area contributed by atoms with Crippen LogP contribution in [-0.4, -0.2) is 0 Å². The summed E-state index contributed by atoms with van der Waals surface area (Å²) in [6.07, 6.45) is 0. The highest BCUT2D eigenvalue weighted by molar-refractivity contribution is 9.10. The molecule has 0 aliphatic rings. The Labute approximate surface area is 69.9 Å². The molecule has 0 fully saturated rings. The molecule has 1 aromatic rings. The van der Waals surface area contributed by atoms with Crippen LogP contribution in [0.15, 0.2) is 27.6 Å². The van der Waals surface area contributed by atoms with Gasteiger partial charge in [0, 0.05) is 10.3 Å². The molecule has 52 valence electrons. The molecule has 0 amide bonds. The van der Waals surface area contributed by atoms with E-state index in [0.29, 0.717) is 4.47 Å². The second-order valence-electron chi connectivity index (χ2n) is 1.64. The van der Waals surface area contributed by atoms with E-state index in [2.05, 4.69) is 15.9 Å². The van der Waals surface area contributed by atoms with Crippen LogP contribution in [0.1, 0.15) is 0 Å². The van der Waals surface area contributed by atoms with Gasteiger partial charge in [-0.05, 0) is 22.0 Å². The maximum absolute atomic E-state index is 12.7. The van der Waals surface area contributed by atoms with Gasteiger partial charge in [-0.25, -0.2) is 0 Å². The van der Waals surface area contributed by atoms with Crippen molar-refractivity contribution in [2.24, 2.45) is 0 Å². The zero-order valence-electron chi connectivity index (χ0n) is 4.80. The first-order valence-electron chi connectivity index (χ1n) is 2.49. The zero-order chi connectivity index (χ0) is 7.56. The number of rotatable bonds is 1. The molecular formula is C6H3BrFOS+. The third-order valence-electron chi connectivity index (χ3n) is 1.01. The zero-order valence-corrected chi connectivity index (χ0v) is 7.21. The molecule has 1 nitrogen and oxygen atoms in total. The highest BCUT2D eigenvalue weighted by Crippen LogP contribution is 2.18. The van der Waals surface area contributed by atoms with Crippen molar-refractivity contribution in [1.82, 2.24) is 0 Å². The van der Waals surface area contributed by atoms with Crippen molar-refractivity contribution in [3.63, 3.8) is 0 Å². The number of hydrogen-bond donors (Lipinski definition) is 0. The van der Waals surface area contributed by atoms with E-state index in [-0.39, 0.29) is 16.6 Å². The fourth-order valence-electron chi connectivity index (χ4n) is 0.548. The topological polar surface area (TPSA) is 17.1 Å². The van der Waals surface area contributed by atoms with E-state index in [4.69, 9.17) is 0 Å². The average Bonchev–Trinajstić information content (AvgIpc) is 1.95. The van der Waals surface area contributed by atoms with Gasteiger partial charge in [-0.15, -0.1) is 0 Å². The van der Waals surface area contributed by atoms with Gasteiger partial charge in [0.05, 0.1) is 4.47 Å². The van der Waals surface area contributed by atoms with Gasteiger partial charge in [-0.3, -0.25) is 0 Å². The molecule has 0 bridgehead atoms. The standard InChI is InChI=1S/C6H3BrFOS/c7-4-2-1-3-5(10-9)6(4)8/h1-3H/q+1. The van der Waals surface area contributed by atoms with Gasteiger partial charge in [0.15, 0.2) is 0 Å². The largest absolute Gasteiger partial charge is 0.508 e. The van der Waals surface area contributed by atoms with E-state index in [1.165, 1.54) is 6.07 Å². The highest BCUT2D eigenvalue weighted by atomic mass is 79.9. The van der Waals surface area contributed by atoms with Crippen molar-refractivity contribution in [1.29, 1.82) is 0 Å². The van der Waals surface area contributed by atoms with Crippen LogP contribution in [0.3, 0.4) is 0 Å². The van der Waals surface area contributed by atoms with Gasteiger partial charge < -0.3 is 0 Å². The summed E-state index contributed by atoms with van der Waals surface area (Å²) in [5.74, 6) is -0.484. The number of halogens is 2. The molecule has 0 radical (unpaired) electrons. The van der Waals surface area contributed by atoms with Crippen molar-refractivity contribution in [2.75, 3.05) is 0 Å². The third-order valence-corrected chi connectivity index (χ3v) is 2.11. The molecule has 0 heterocycles. The molecular weight excluding hydrogens is 219 g/mol. The third kappa shape index (κ3) is 1.38. The van der Waals surface area contributed by atoms with Crippen molar-refractivity contribution in [2.45, 2.75) is 4.90 Å². The summed E-state index contributed by atoms with van der Waals surface area (Å²) in [5.41, 5.74) is 0. The summed E-state index contributed by atoms with van der Waals surface area (Å²) in [5, 5.41) is 0. The summed E-state index contributed by atoms with van der Waals surface area (Å²) in [6.45, 7) is 0. The van der Waals surface area contributed by atoms with Gasteiger partial charge in [-0.2, -0.15) is 4.39 Å². The lowest BCUT2D eigenvalue weighted by atomic mass is 10.3. The van der Waals surface area contributed by atoms with E-state index >= 15 is 0 Å². The first-order chi connectivity index (χ1) is 4.75. The van der Waals surface area contributed by atoms with Crippen molar-refractivity contribution < 1.29 is 8.60 Å². The fraction of sp³-hybridized carbons (Fsp3) is 0. The van der Waals surface area contributed by atoms with Crippen LogP contribution < -0.4 is 0 Å². The second-order valence-corrected chi connectivity index (χ2v) is 3.10. The minimum Gasteiger partial charge on any atom is -0.199 e. The maximum Gasteiger partial charge on any atom is 0.508 e. The Morgan fingerprint density at radius 3 is 2.70 bits per heavy atom. The minimum absolute atomic E-state index is 0.120. The summed E-state index contributed by atoms with van der Waals surface area (Å²) in [4.78, 5) is 0.120. The molecule has 0 aliphatic heterocycles. The molecule has 0 N–H and O–H groups in total. The Hall–Kier alpha value is -0.350. The molecule has 0 saturated carbocycles. The van der Waals surface area contributed by atoms with Crippen LogP contribution in [0.5, 0.6) is 0 Å². The quantitative estimate of drug-likeness (QED) is 0.666. The molecule has 0 saturated heterocycles. The fourth-order valence-corrected chi connectivity index (χ4v) is 1.36. The van der Waals surface area contributed by atoms with Gasteiger partial charge >= 0.3 is 16.6 Å². The van der Waals surface area contributed by atoms with Crippen LogP contribution in [0.4, 0.5) is 4.39 Å². The number of benzene rings is 1.